The topological polar surface area (TPSA) is 66.8 Å². The van der Waals surface area contributed by atoms with Crippen molar-refractivity contribution in [3.05, 3.63) is 59.7 Å². The predicted octanol–water partition coefficient (Wildman–Crippen LogP) is 4.08. The molecule has 2 fully saturated rings. The van der Waals surface area contributed by atoms with Gasteiger partial charge in [0.1, 0.15) is 0 Å². The second-order valence-electron chi connectivity index (χ2n) is 7.80. The van der Waals surface area contributed by atoms with E-state index < -0.39 is 5.97 Å². The maximum Gasteiger partial charge on any atom is 0.336 e. The number of amides is 1. The summed E-state index contributed by atoms with van der Waals surface area (Å²) in [6.45, 7) is 3.13. The molecule has 1 N–H and O–H groups in total. The standard InChI is InChI=1S/C23H25NO4/c25-21(24-13-9-23(10-14-24)11-15-28-16-12-23)19-7-3-1-5-17(19)18-6-2-4-8-20(18)22(26)27/h1-8H,9-16H2,(H,26,27). The Labute approximate surface area is 164 Å². The Kier molecular flexibility index (Phi) is 5.18. The van der Waals surface area contributed by atoms with Gasteiger partial charge in [-0.25, -0.2) is 4.79 Å². The van der Waals surface area contributed by atoms with Crippen LogP contribution in [0.15, 0.2) is 48.5 Å². The van der Waals surface area contributed by atoms with Crippen molar-refractivity contribution in [3.63, 3.8) is 0 Å². The summed E-state index contributed by atoms with van der Waals surface area (Å²) < 4.78 is 5.51. The van der Waals surface area contributed by atoms with E-state index in [-0.39, 0.29) is 11.5 Å². The minimum Gasteiger partial charge on any atom is -0.478 e. The fraction of sp³-hybridized carbons (Fsp3) is 0.391. The summed E-state index contributed by atoms with van der Waals surface area (Å²) >= 11 is 0. The number of rotatable bonds is 3. The van der Waals surface area contributed by atoms with Gasteiger partial charge in [0.25, 0.3) is 5.91 Å². The number of nitrogens with zero attached hydrogens (tertiary/aromatic N) is 1. The number of carboxylic acid groups (broad SMARTS) is 1. The van der Waals surface area contributed by atoms with Gasteiger partial charge in [0.05, 0.1) is 5.56 Å². The molecule has 0 radical (unpaired) electrons. The zero-order chi connectivity index (χ0) is 19.6. The fourth-order valence-electron chi connectivity index (χ4n) is 4.47. The first-order valence-corrected chi connectivity index (χ1v) is 9.88. The Hall–Kier alpha value is -2.66. The molecule has 5 nitrogen and oxygen atoms in total. The first-order valence-electron chi connectivity index (χ1n) is 9.88. The number of hydrogen-bond donors (Lipinski definition) is 1. The van der Waals surface area contributed by atoms with Crippen LogP contribution in [0, 0.1) is 5.41 Å². The Morgan fingerprint density at radius 1 is 0.821 bits per heavy atom. The predicted molar refractivity (Wildman–Crippen MR) is 106 cm³/mol. The number of carboxylic acids is 1. The molecule has 1 amide bonds. The highest BCUT2D eigenvalue weighted by atomic mass is 16.5. The van der Waals surface area contributed by atoms with Crippen LogP contribution in [0.25, 0.3) is 11.1 Å². The lowest BCUT2D eigenvalue weighted by Gasteiger charge is -2.44. The van der Waals surface area contributed by atoms with Crippen LogP contribution in [0.1, 0.15) is 46.4 Å². The van der Waals surface area contributed by atoms with Crippen LogP contribution in [0.4, 0.5) is 0 Å². The smallest absolute Gasteiger partial charge is 0.336 e. The Bertz CT molecular complexity index is 876. The van der Waals surface area contributed by atoms with Crippen molar-refractivity contribution in [1.29, 1.82) is 0 Å². The van der Waals surface area contributed by atoms with E-state index >= 15 is 0 Å². The maximum absolute atomic E-state index is 13.3. The number of piperidine rings is 1. The number of likely N-dealkylation sites (tertiary alicyclic amines) is 1. The second kappa shape index (κ2) is 7.76. The molecule has 2 aromatic rings. The number of aromatic carboxylic acids is 1. The molecule has 0 saturated carbocycles. The number of hydrogen-bond acceptors (Lipinski definition) is 3. The normalized spacial score (nSPS) is 18.8. The van der Waals surface area contributed by atoms with Gasteiger partial charge in [0.2, 0.25) is 0 Å². The Balaban J connectivity index is 1.59. The van der Waals surface area contributed by atoms with Crippen molar-refractivity contribution < 1.29 is 19.4 Å². The highest BCUT2D eigenvalue weighted by molar-refractivity contribution is 6.04. The summed E-state index contributed by atoms with van der Waals surface area (Å²) in [5, 5.41) is 9.54. The average Bonchev–Trinajstić information content (AvgIpc) is 2.74. The number of carbonyl (C=O) groups excluding carboxylic acids is 1. The zero-order valence-electron chi connectivity index (χ0n) is 15.9. The van der Waals surface area contributed by atoms with Crippen LogP contribution in [-0.2, 0) is 4.74 Å². The van der Waals surface area contributed by atoms with Crippen molar-refractivity contribution in [2.24, 2.45) is 5.41 Å². The lowest BCUT2D eigenvalue weighted by atomic mass is 9.72. The summed E-state index contributed by atoms with van der Waals surface area (Å²) in [5.74, 6) is -1.00. The quantitative estimate of drug-likeness (QED) is 0.872. The van der Waals surface area contributed by atoms with Crippen molar-refractivity contribution in [3.8, 4) is 11.1 Å². The molecule has 0 atom stereocenters. The molecular formula is C23H25NO4. The summed E-state index contributed by atoms with van der Waals surface area (Å²) in [6.07, 6.45) is 4.18. The average molecular weight is 379 g/mol. The molecule has 28 heavy (non-hydrogen) atoms. The van der Waals surface area contributed by atoms with Crippen LogP contribution in [0.3, 0.4) is 0 Å². The van der Waals surface area contributed by atoms with E-state index in [0.717, 1.165) is 52.0 Å². The van der Waals surface area contributed by atoms with Gasteiger partial charge in [0, 0.05) is 31.9 Å². The molecule has 1 spiro atoms. The molecular weight excluding hydrogens is 354 g/mol. The largest absolute Gasteiger partial charge is 0.478 e. The van der Waals surface area contributed by atoms with E-state index in [1.165, 1.54) is 0 Å². The third kappa shape index (κ3) is 3.54. The maximum atomic E-state index is 13.3. The van der Waals surface area contributed by atoms with Crippen molar-refractivity contribution in [1.82, 2.24) is 4.90 Å². The number of carbonyl (C=O) groups is 2. The fourth-order valence-corrected chi connectivity index (χ4v) is 4.47. The SMILES string of the molecule is O=C(O)c1ccccc1-c1ccccc1C(=O)N1CCC2(CCOCC2)CC1. The van der Waals surface area contributed by atoms with Crippen molar-refractivity contribution in [2.75, 3.05) is 26.3 Å². The minimum atomic E-state index is -0.989. The molecule has 0 aliphatic carbocycles. The van der Waals surface area contributed by atoms with Crippen LogP contribution in [0.2, 0.25) is 0 Å². The zero-order valence-corrected chi connectivity index (χ0v) is 15.9. The molecule has 2 saturated heterocycles. The highest BCUT2D eigenvalue weighted by Gasteiger charge is 2.37. The lowest BCUT2D eigenvalue weighted by Crippen LogP contribution is -2.45. The van der Waals surface area contributed by atoms with Crippen molar-refractivity contribution in [2.45, 2.75) is 25.7 Å². The molecule has 2 aliphatic rings. The molecule has 4 rings (SSSR count). The summed E-state index contributed by atoms with van der Waals surface area (Å²) in [6, 6.07) is 14.2. The van der Waals surface area contributed by atoms with E-state index in [2.05, 4.69) is 0 Å². The molecule has 0 unspecified atom stereocenters. The van der Waals surface area contributed by atoms with Gasteiger partial charge >= 0.3 is 5.97 Å². The van der Waals surface area contributed by atoms with Crippen LogP contribution < -0.4 is 0 Å². The van der Waals surface area contributed by atoms with E-state index in [4.69, 9.17) is 4.74 Å². The Morgan fingerprint density at radius 3 is 1.96 bits per heavy atom. The van der Waals surface area contributed by atoms with E-state index in [1.807, 2.05) is 23.1 Å². The van der Waals surface area contributed by atoms with Gasteiger partial charge in [-0.05, 0) is 54.4 Å². The summed E-state index contributed by atoms with van der Waals surface area (Å²) in [7, 11) is 0. The lowest BCUT2D eigenvalue weighted by molar-refractivity contribution is -0.0175. The number of benzene rings is 2. The Morgan fingerprint density at radius 2 is 1.36 bits per heavy atom. The van der Waals surface area contributed by atoms with Gasteiger partial charge < -0.3 is 14.7 Å². The third-order valence-electron chi connectivity index (χ3n) is 6.27. The van der Waals surface area contributed by atoms with E-state index in [1.54, 1.807) is 30.3 Å². The molecule has 2 aliphatic heterocycles. The van der Waals surface area contributed by atoms with Gasteiger partial charge in [0.15, 0.2) is 0 Å². The van der Waals surface area contributed by atoms with Crippen molar-refractivity contribution >= 4 is 11.9 Å². The van der Waals surface area contributed by atoms with Crippen LogP contribution in [-0.4, -0.2) is 48.2 Å². The summed E-state index contributed by atoms with van der Waals surface area (Å²) in [5.41, 5.74) is 2.36. The minimum absolute atomic E-state index is 0.0160. The van der Waals surface area contributed by atoms with Gasteiger partial charge in [-0.3, -0.25) is 4.79 Å². The van der Waals surface area contributed by atoms with Crippen LogP contribution >= 0.6 is 0 Å². The molecule has 2 heterocycles. The van der Waals surface area contributed by atoms with E-state index in [9.17, 15) is 14.7 Å². The monoisotopic (exact) mass is 379 g/mol. The second-order valence-corrected chi connectivity index (χ2v) is 7.80. The molecule has 5 heteroatoms. The molecule has 0 aromatic heterocycles. The molecule has 146 valence electrons. The van der Waals surface area contributed by atoms with Gasteiger partial charge in [-0.1, -0.05) is 36.4 Å². The van der Waals surface area contributed by atoms with Gasteiger partial charge in [-0.15, -0.1) is 0 Å². The molecule has 0 bridgehead atoms. The first kappa shape index (κ1) is 18.7. The third-order valence-corrected chi connectivity index (χ3v) is 6.27. The number of ether oxygens (including phenoxy) is 1. The first-order chi connectivity index (χ1) is 13.6. The van der Waals surface area contributed by atoms with Crippen LogP contribution in [0.5, 0.6) is 0 Å². The van der Waals surface area contributed by atoms with Gasteiger partial charge in [-0.2, -0.15) is 0 Å². The molecule has 2 aromatic carbocycles. The van der Waals surface area contributed by atoms with E-state index in [0.29, 0.717) is 22.1 Å². The highest BCUT2D eigenvalue weighted by Crippen LogP contribution is 2.41. The summed E-state index contributed by atoms with van der Waals surface area (Å²) in [4.78, 5) is 26.9.